The molecule has 0 radical (unpaired) electrons. The number of Topliss-reactive ketones (excluding diaryl/α,β-unsaturated/α-hetero) is 1. The molecule has 0 amide bonds. The van der Waals surface area contributed by atoms with Crippen LogP contribution in [0.4, 0.5) is 0 Å². The fraction of sp³-hybridized carbons (Fsp3) is 0.375. The van der Waals surface area contributed by atoms with Crippen LogP contribution in [-0.2, 0) is 4.79 Å². The maximum atomic E-state index is 9.44. The highest BCUT2D eigenvalue weighted by molar-refractivity contribution is 5.79. The highest BCUT2D eigenvalue weighted by Gasteiger charge is 1.78. The van der Waals surface area contributed by atoms with Crippen LogP contribution in [-0.4, -0.2) is 18.5 Å². The van der Waals surface area contributed by atoms with Crippen molar-refractivity contribution in [1.29, 1.82) is 0 Å². The molecule has 19 heavy (non-hydrogen) atoms. The summed E-state index contributed by atoms with van der Waals surface area (Å²) in [4.78, 5) is 13.5. The van der Waals surface area contributed by atoms with Crippen molar-refractivity contribution in [3.05, 3.63) is 49.7 Å². The lowest BCUT2D eigenvalue weighted by atomic mass is 10.3. The summed E-state index contributed by atoms with van der Waals surface area (Å²) in [6, 6.07) is 0. The summed E-state index contributed by atoms with van der Waals surface area (Å²) in [5.41, 5.74) is 6.47. The number of ketones is 1. The van der Waals surface area contributed by atoms with Crippen LogP contribution in [0.1, 0.15) is 36.0 Å². The Labute approximate surface area is 120 Å². The zero-order valence-electron chi connectivity index (χ0n) is 13.4. The predicted molar refractivity (Wildman–Crippen MR) is 91.7 cm³/mol. The van der Waals surface area contributed by atoms with Crippen LogP contribution in [0, 0.1) is 0 Å². The average molecular weight is 268 g/mol. The van der Waals surface area contributed by atoms with Crippen LogP contribution in [0.25, 0.3) is 0 Å². The number of allylic oxidation sites excluding steroid dienone is 4. The molecule has 0 aliphatic rings. The number of aliphatic imine (C=N–C) groups is 1. The maximum Gasteiger partial charge on any atom is 0.126 e. The van der Waals surface area contributed by atoms with Gasteiger partial charge in [-0.25, -0.2) is 0 Å². The molecule has 0 rings (SSSR count). The highest BCUT2D eigenvalue weighted by atomic mass is 16.1. The van der Waals surface area contributed by atoms with Crippen LogP contribution in [0.3, 0.4) is 0 Å². The lowest BCUT2D eigenvalue weighted by Crippen LogP contribution is -1.77. The highest BCUT2D eigenvalue weighted by Crippen LogP contribution is 1.96. The molecular formula is C16H32N2O. The molecule has 0 heterocycles. The Hall–Kier alpha value is -1.74. The number of carbonyl (C=O) groups is 1. The van der Waals surface area contributed by atoms with Crippen molar-refractivity contribution in [3.8, 4) is 0 Å². The number of rotatable bonds is 3. The molecule has 3 nitrogen and oxygen atoms in total. The second-order valence-electron chi connectivity index (χ2n) is 3.43. The zero-order valence-corrected chi connectivity index (χ0v) is 13.4. The third kappa shape index (κ3) is 62.7. The summed E-state index contributed by atoms with van der Waals surface area (Å²) in [6.45, 7) is 19.4. The van der Waals surface area contributed by atoms with Crippen LogP contribution >= 0.6 is 0 Å². The molecule has 0 spiro atoms. The molecule has 0 aliphatic heterocycles. The van der Waals surface area contributed by atoms with E-state index in [1.54, 1.807) is 24.4 Å². The number of hydrogen-bond donors (Lipinski definition) is 1. The van der Waals surface area contributed by atoms with Gasteiger partial charge in [0.15, 0.2) is 0 Å². The van der Waals surface area contributed by atoms with Gasteiger partial charge in [0, 0.05) is 13.3 Å². The predicted octanol–water partition coefficient (Wildman–Crippen LogP) is 4.33. The summed E-state index contributed by atoms with van der Waals surface area (Å²) < 4.78 is 0. The van der Waals surface area contributed by atoms with Crippen LogP contribution in [0.2, 0.25) is 0 Å². The SMILES string of the molecule is C=CC.C=CC(C=C)=CN=C(C)C.CC(C)=O.CN.[HH]. The van der Waals surface area contributed by atoms with Gasteiger partial charge < -0.3 is 10.5 Å². The second kappa shape index (κ2) is 25.2. The minimum Gasteiger partial charge on any atom is -0.333 e. The van der Waals surface area contributed by atoms with Crippen molar-refractivity contribution in [1.82, 2.24) is 0 Å². The lowest BCUT2D eigenvalue weighted by Gasteiger charge is -1.87. The topological polar surface area (TPSA) is 55.5 Å². The first-order valence-corrected chi connectivity index (χ1v) is 5.93. The van der Waals surface area contributed by atoms with Crippen LogP contribution in [0.5, 0.6) is 0 Å². The summed E-state index contributed by atoms with van der Waals surface area (Å²) in [5, 5.41) is 0. The Kier molecular flexibility index (Phi) is 34.4. The third-order valence-electron chi connectivity index (χ3n) is 0.943. The van der Waals surface area contributed by atoms with Gasteiger partial charge in [-0.05, 0) is 47.2 Å². The van der Waals surface area contributed by atoms with E-state index in [-0.39, 0.29) is 7.21 Å². The smallest absolute Gasteiger partial charge is 0.126 e. The maximum absolute atomic E-state index is 9.44. The first-order chi connectivity index (χ1) is 8.85. The first kappa shape index (κ1) is 26.0. The van der Waals surface area contributed by atoms with Gasteiger partial charge >= 0.3 is 0 Å². The first-order valence-electron chi connectivity index (χ1n) is 5.93. The van der Waals surface area contributed by atoms with Gasteiger partial charge in [0.25, 0.3) is 0 Å². The van der Waals surface area contributed by atoms with Gasteiger partial charge in [0.2, 0.25) is 0 Å². The molecule has 2 N–H and O–H groups in total. The van der Waals surface area contributed by atoms with Crippen molar-refractivity contribution in [2.24, 2.45) is 10.7 Å². The molecule has 0 unspecified atom stereocenters. The minimum absolute atomic E-state index is 0. The van der Waals surface area contributed by atoms with E-state index < -0.39 is 0 Å². The molecule has 0 fully saturated rings. The van der Waals surface area contributed by atoms with Gasteiger partial charge in [-0.1, -0.05) is 31.4 Å². The lowest BCUT2D eigenvalue weighted by molar-refractivity contribution is -0.114. The van der Waals surface area contributed by atoms with Crippen molar-refractivity contribution < 1.29 is 6.22 Å². The van der Waals surface area contributed by atoms with Crippen molar-refractivity contribution in [3.63, 3.8) is 0 Å². The third-order valence-corrected chi connectivity index (χ3v) is 0.943. The number of nitrogens with zero attached hydrogens (tertiary/aromatic N) is 1. The van der Waals surface area contributed by atoms with Crippen molar-refractivity contribution in [2.75, 3.05) is 7.05 Å². The molecular weight excluding hydrogens is 236 g/mol. The number of hydrogen-bond acceptors (Lipinski definition) is 3. The van der Waals surface area contributed by atoms with Gasteiger partial charge in [-0.15, -0.1) is 6.58 Å². The number of nitrogens with two attached hydrogens (primary N) is 1. The van der Waals surface area contributed by atoms with Crippen molar-refractivity contribution in [2.45, 2.75) is 34.6 Å². The van der Waals surface area contributed by atoms with Gasteiger partial charge in [-0.2, -0.15) is 0 Å². The molecule has 0 aromatic carbocycles. The normalized spacial score (nSPS) is 6.47. The quantitative estimate of drug-likeness (QED) is 0.470. The Morgan fingerprint density at radius 1 is 1.05 bits per heavy atom. The molecule has 0 atom stereocenters. The molecule has 0 bridgehead atoms. The minimum atomic E-state index is 0. The van der Waals surface area contributed by atoms with E-state index in [4.69, 9.17) is 0 Å². The summed E-state index contributed by atoms with van der Waals surface area (Å²) in [6.07, 6.45) is 6.94. The molecule has 112 valence electrons. The van der Waals surface area contributed by atoms with Crippen LogP contribution < -0.4 is 5.73 Å². The standard InChI is InChI=1S/C9H13N.C3H6O.C3H6.CH5N.H2/c1-5-9(6-2)7-10-8(3)4;1-3(2)4;1-3-2;1-2;/h5-7H,1-2H2,3-4H3;1-2H3;3H,1H2,2H3;2H2,1H3;1H. The van der Waals surface area contributed by atoms with E-state index in [2.05, 4.69) is 30.5 Å². The van der Waals surface area contributed by atoms with Gasteiger partial charge in [0.1, 0.15) is 5.78 Å². The summed E-state index contributed by atoms with van der Waals surface area (Å²) >= 11 is 0. The summed E-state index contributed by atoms with van der Waals surface area (Å²) in [7, 11) is 1.50. The van der Waals surface area contributed by atoms with Gasteiger partial charge in [0.05, 0.1) is 0 Å². The Bertz CT molecular complexity index is 288. The largest absolute Gasteiger partial charge is 0.333 e. The fourth-order valence-corrected chi connectivity index (χ4v) is 0.392. The van der Waals surface area contributed by atoms with E-state index in [1.807, 2.05) is 20.8 Å². The van der Waals surface area contributed by atoms with E-state index in [9.17, 15) is 4.79 Å². The Balaban J connectivity index is -0.0000000630. The Morgan fingerprint density at radius 2 is 1.32 bits per heavy atom. The molecule has 0 aromatic heterocycles. The van der Waals surface area contributed by atoms with E-state index in [0.717, 1.165) is 11.3 Å². The monoisotopic (exact) mass is 268 g/mol. The van der Waals surface area contributed by atoms with E-state index >= 15 is 0 Å². The zero-order chi connectivity index (χ0) is 16.3. The molecule has 0 saturated carbocycles. The second-order valence-corrected chi connectivity index (χ2v) is 3.43. The Morgan fingerprint density at radius 3 is 1.47 bits per heavy atom. The molecule has 0 saturated heterocycles. The van der Waals surface area contributed by atoms with E-state index in [1.165, 1.54) is 20.9 Å². The summed E-state index contributed by atoms with van der Waals surface area (Å²) in [5.74, 6) is 0.167. The van der Waals surface area contributed by atoms with Crippen molar-refractivity contribution >= 4 is 11.5 Å². The molecule has 0 aromatic rings. The van der Waals surface area contributed by atoms with Crippen LogP contribution in [0.15, 0.2) is 54.7 Å². The van der Waals surface area contributed by atoms with E-state index in [0.29, 0.717) is 0 Å². The molecule has 3 heteroatoms. The average Bonchev–Trinajstić information content (AvgIpc) is 2.33. The fourth-order valence-electron chi connectivity index (χ4n) is 0.392. The molecule has 0 aliphatic carbocycles. The van der Waals surface area contributed by atoms with Gasteiger partial charge in [-0.3, -0.25) is 4.99 Å². The number of carbonyl (C=O) groups excluding carboxylic acids is 1.